The Morgan fingerprint density at radius 2 is 2.08 bits per heavy atom. The van der Waals surface area contributed by atoms with Crippen LogP contribution in [0.1, 0.15) is 62.9 Å². The van der Waals surface area contributed by atoms with Crippen LogP contribution in [0.5, 0.6) is 0 Å². The Kier molecular flexibility index (Phi) is 6.38. The van der Waals surface area contributed by atoms with Crippen molar-refractivity contribution in [2.75, 3.05) is 19.6 Å². The molecule has 2 atom stereocenters. The van der Waals surface area contributed by atoms with E-state index < -0.39 is 0 Å². The lowest BCUT2D eigenvalue weighted by atomic mass is 9.92. The van der Waals surface area contributed by atoms with Gasteiger partial charge in [-0.3, -0.25) is 4.98 Å². The van der Waals surface area contributed by atoms with Crippen molar-refractivity contribution in [3.05, 3.63) is 60.2 Å². The van der Waals surface area contributed by atoms with Gasteiger partial charge in [0.05, 0.1) is 22.8 Å². The Morgan fingerprint density at radius 1 is 1.19 bits per heavy atom. The number of hydrogen-bond donors (Lipinski definition) is 1. The number of piperidine rings is 1. The molecule has 1 N–H and O–H groups in total. The first-order chi connectivity index (χ1) is 17.6. The molecule has 6 heteroatoms. The zero-order valence-electron chi connectivity index (χ0n) is 21.7. The van der Waals surface area contributed by atoms with Crippen LogP contribution in [0.2, 0.25) is 0 Å². The summed E-state index contributed by atoms with van der Waals surface area (Å²) < 4.78 is 2.37. The number of pyridine rings is 2. The van der Waals surface area contributed by atoms with E-state index in [9.17, 15) is 0 Å². The Labute approximate surface area is 214 Å². The summed E-state index contributed by atoms with van der Waals surface area (Å²) in [5, 5.41) is 4.86. The highest BCUT2D eigenvalue weighted by molar-refractivity contribution is 6.02. The number of nitrogens with zero attached hydrogens (tertiary/aromatic N) is 5. The minimum atomic E-state index is 0.587. The third kappa shape index (κ3) is 4.59. The van der Waals surface area contributed by atoms with Crippen molar-refractivity contribution in [2.45, 2.75) is 65.0 Å². The first-order valence-electron chi connectivity index (χ1n) is 13.8. The zero-order chi connectivity index (χ0) is 24.6. The average Bonchev–Trinajstić information content (AvgIpc) is 3.48. The highest BCUT2D eigenvalue weighted by Gasteiger charge is 2.33. The summed E-state index contributed by atoms with van der Waals surface area (Å²) in [6.45, 7) is 13.0. The lowest BCUT2D eigenvalue weighted by molar-refractivity contribution is 0.231. The molecule has 5 heterocycles. The van der Waals surface area contributed by atoms with Gasteiger partial charge in [0.15, 0.2) is 0 Å². The maximum atomic E-state index is 5.17. The molecule has 1 aliphatic carbocycles. The SMILES string of the molecule is C=C(c1cnc(CC)c(N=C(C)c2cc3cccnc3n2CCC2CC2)c1)N1CCC2CCNC2C1. The van der Waals surface area contributed by atoms with Crippen molar-refractivity contribution < 1.29 is 0 Å². The molecule has 36 heavy (non-hydrogen) atoms. The molecule has 3 aromatic rings. The van der Waals surface area contributed by atoms with Crippen molar-refractivity contribution in [2.24, 2.45) is 16.8 Å². The van der Waals surface area contributed by atoms with E-state index in [1.165, 1.54) is 37.5 Å². The molecule has 2 aliphatic heterocycles. The van der Waals surface area contributed by atoms with Gasteiger partial charge in [-0.05, 0) is 75.3 Å². The van der Waals surface area contributed by atoms with E-state index in [-0.39, 0.29) is 0 Å². The fourth-order valence-electron chi connectivity index (χ4n) is 6.04. The van der Waals surface area contributed by atoms with E-state index in [0.717, 1.165) is 84.1 Å². The molecule has 3 fully saturated rings. The summed E-state index contributed by atoms with van der Waals surface area (Å²) in [4.78, 5) is 17.1. The Morgan fingerprint density at radius 3 is 2.92 bits per heavy atom. The van der Waals surface area contributed by atoms with E-state index >= 15 is 0 Å². The van der Waals surface area contributed by atoms with Crippen LogP contribution < -0.4 is 5.32 Å². The van der Waals surface area contributed by atoms with E-state index in [2.05, 4.69) is 53.4 Å². The standard InChI is InChI=1S/C30H38N6/c1-4-26-27(16-25(18-33-26)21(3)35-14-11-23-9-13-31-28(23)19-35)34-20(2)29-17-24-6-5-12-32-30(24)36(29)15-10-22-7-8-22/h5-6,12,16-18,22-23,28,31H,3-4,7-11,13-15,19H2,1-2H3. The Balaban J connectivity index is 1.30. The van der Waals surface area contributed by atoms with Crippen molar-refractivity contribution in [3.8, 4) is 0 Å². The molecule has 0 amide bonds. The summed E-state index contributed by atoms with van der Waals surface area (Å²) in [7, 11) is 0. The van der Waals surface area contributed by atoms with Gasteiger partial charge in [0.2, 0.25) is 0 Å². The molecule has 6 rings (SSSR count). The van der Waals surface area contributed by atoms with Gasteiger partial charge in [-0.1, -0.05) is 26.3 Å². The molecular weight excluding hydrogens is 444 g/mol. The van der Waals surface area contributed by atoms with Gasteiger partial charge < -0.3 is 14.8 Å². The van der Waals surface area contributed by atoms with Crippen molar-refractivity contribution in [3.63, 3.8) is 0 Å². The largest absolute Gasteiger partial charge is 0.370 e. The fraction of sp³-hybridized carbons (Fsp3) is 0.500. The molecule has 3 aromatic heterocycles. The molecule has 0 spiro atoms. The lowest BCUT2D eigenvalue weighted by Gasteiger charge is -2.37. The number of fused-ring (bicyclic) bond motifs is 2. The monoisotopic (exact) mass is 482 g/mol. The molecule has 0 bridgehead atoms. The minimum Gasteiger partial charge on any atom is -0.370 e. The molecule has 0 aromatic carbocycles. The van der Waals surface area contributed by atoms with Crippen molar-refractivity contribution >= 4 is 28.1 Å². The smallest absolute Gasteiger partial charge is 0.140 e. The first kappa shape index (κ1) is 23.4. The quantitative estimate of drug-likeness (QED) is 0.425. The fourth-order valence-corrected chi connectivity index (χ4v) is 6.04. The Bertz CT molecular complexity index is 1300. The lowest BCUT2D eigenvalue weighted by Crippen LogP contribution is -2.45. The number of rotatable bonds is 8. The summed E-state index contributed by atoms with van der Waals surface area (Å²) in [6.07, 6.45) is 11.2. The first-order valence-corrected chi connectivity index (χ1v) is 13.8. The molecule has 0 radical (unpaired) electrons. The molecule has 1 saturated carbocycles. The second-order valence-corrected chi connectivity index (χ2v) is 10.9. The summed E-state index contributed by atoms with van der Waals surface area (Å²) in [5.74, 6) is 1.69. The van der Waals surface area contributed by atoms with Gasteiger partial charge in [-0.2, -0.15) is 0 Å². The molecule has 188 valence electrons. The molecule has 2 saturated heterocycles. The number of aryl methyl sites for hydroxylation is 2. The Hall–Kier alpha value is -2.99. The molecular formula is C30H38N6. The normalized spacial score (nSPS) is 22.3. The van der Waals surface area contributed by atoms with E-state index in [1.54, 1.807) is 0 Å². The number of likely N-dealkylation sites (tertiary alicyclic amines) is 1. The van der Waals surface area contributed by atoms with E-state index in [1.807, 2.05) is 18.5 Å². The van der Waals surface area contributed by atoms with Crippen molar-refractivity contribution in [1.29, 1.82) is 0 Å². The maximum Gasteiger partial charge on any atom is 0.140 e. The second kappa shape index (κ2) is 9.81. The average molecular weight is 483 g/mol. The highest BCUT2D eigenvalue weighted by atomic mass is 15.2. The van der Waals surface area contributed by atoms with Gasteiger partial charge >= 0.3 is 0 Å². The van der Waals surface area contributed by atoms with Gasteiger partial charge in [0.25, 0.3) is 0 Å². The van der Waals surface area contributed by atoms with Crippen LogP contribution in [0.3, 0.4) is 0 Å². The van der Waals surface area contributed by atoms with Crippen LogP contribution >= 0.6 is 0 Å². The zero-order valence-corrected chi connectivity index (χ0v) is 21.7. The summed E-state index contributed by atoms with van der Waals surface area (Å²) >= 11 is 0. The van der Waals surface area contributed by atoms with Gasteiger partial charge in [-0.25, -0.2) is 9.98 Å². The van der Waals surface area contributed by atoms with E-state index in [0.29, 0.717) is 6.04 Å². The molecule has 6 nitrogen and oxygen atoms in total. The number of aliphatic imine (C=N–C) groups is 1. The third-order valence-electron chi connectivity index (χ3n) is 8.45. The number of nitrogens with one attached hydrogen (secondary N) is 1. The summed E-state index contributed by atoms with van der Waals surface area (Å²) in [5.41, 5.74) is 7.35. The summed E-state index contributed by atoms with van der Waals surface area (Å²) in [6, 6.07) is 9.20. The minimum absolute atomic E-state index is 0.587. The molecule has 2 unspecified atom stereocenters. The highest BCUT2D eigenvalue weighted by Crippen LogP contribution is 2.34. The topological polar surface area (TPSA) is 58.3 Å². The maximum absolute atomic E-state index is 5.17. The predicted octanol–water partition coefficient (Wildman–Crippen LogP) is 5.59. The third-order valence-corrected chi connectivity index (χ3v) is 8.45. The number of aromatic nitrogens is 3. The van der Waals surface area contributed by atoms with Crippen LogP contribution in [0, 0.1) is 11.8 Å². The van der Waals surface area contributed by atoms with Gasteiger partial charge in [0, 0.05) is 54.7 Å². The van der Waals surface area contributed by atoms with Crippen LogP contribution in [-0.4, -0.2) is 50.8 Å². The van der Waals surface area contributed by atoms with Crippen LogP contribution in [0.4, 0.5) is 5.69 Å². The predicted molar refractivity (Wildman–Crippen MR) is 148 cm³/mol. The van der Waals surface area contributed by atoms with Crippen molar-refractivity contribution in [1.82, 2.24) is 24.8 Å². The van der Waals surface area contributed by atoms with E-state index in [4.69, 9.17) is 15.0 Å². The van der Waals surface area contributed by atoms with Crippen LogP contribution in [-0.2, 0) is 13.0 Å². The molecule has 3 aliphatic rings. The van der Waals surface area contributed by atoms with Gasteiger partial charge in [-0.15, -0.1) is 0 Å². The van der Waals surface area contributed by atoms with Crippen LogP contribution in [0.15, 0.2) is 48.2 Å². The van der Waals surface area contributed by atoms with Gasteiger partial charge in [0.1, 0.15) is 5.65 Å². The van der Waals surface area contributed by atoms with Crippen LogP contribution in [0.25, 0.3) is 16.7 Å². The second-order valence-electron chi connectivity index (χ2n) is 10.9. The number of hydrogen-bond acceptors (Lipinski definition) is 5.